The molecule has 37 heavy (non-hydrogen) atoms. The lowest BCUT2D eigenvalue weighted by Crippen LogP contribution is -2.48. The number of aryl methyl sites for hydroxylation is 1. The summed E-state index contributed by atoms with van der Waals surface area (Å²) in [4.78, 5) is 53.7. The third-order valence-electron chi connectivity index (χ3n) is 6.55. The summed E-state index contributed by atoms with van der Waals surface area (Å²) in [5.41, 5.74) is 9.03. The van der Waals surface area contributed by atoms with Gasteiger partial charge in [0.1, 0.15) is 17.3 Å². The van der Waals surface area contributed by atoms with E-state index in [1.807, 2.05) is 32.1 Å². The van der Waals surface area contributed by atoms with Gasteiger partial charge in [-0.05, 0) is 45.6 Å². The Labute approximate surface area is 216 Å². The normalized spacial score (nSPS) is 16.1. The van der Waals surface area contributed by atoms with Gasteiger partial charge in [0.2, 0.25) is 5.91 Å². The lowest BCUT2D eigenvalue weighted by molar-refractivity contribution is -0.136. The SMILES string of the molecule is CN(C)CCNc1cc(NC(=O)N2CCCc3cc(CN4CCN(C)CC4=O)c(C=O)nc32)ncc1N. The van der Waals surface area contributed by atoms with Gasteiger partial charge in [0.15, 0.2) is 6.29 Å². The summed E-state index contributed by atoms with van der Waals surface area (Å²) in [7, 11) is 5.88. The number of urea groups is 1. The largest absolute Gasteiger partial charge is 0.396 e. The smallest absolute Gasteiger partial charge is 0.328 e. The molecule has 198 valence electrons. The van der Waals surface area contributed by atoms with Crippen molar-refractivity contribution in [2.75, 3.05) is 81.7 Å². The molecule has 4 heterocycles. The highest BCUT2D eigenvalue weighted by Crippen LogP contribution is 2.29. The van der Waals surface area contributed by atoms with Gasteiger partial charge in [0.05, 0.1) is 24.1 Å². The molecule has 1 fully saturated rings. The van der Waals surface area contributed by atoms with E-state index in [9.17, 15) is 14.4 Å². The molecule has 0 spiro atoms. The number of rotatable bonds is 8. The molecule has 3 amide bonds. The van der Waals surface area contributed by atoms with E-state index in [0.717, 1.165) is 31.5 Å². The van der Waals surface area contributed by atoms with Crippen LogP contribution in [0.4, 0.5) is 27.8 Å². The number of piperazine rings is 1. The third-order valence-corrected chi connectivity index (χ3v) is 6.55. The molecule has 0 radical (unpaired) electrons. The van der Waals surface area contributed by atoms with Crippen molar-refractivity contribution in [2.24, 2.45) is 0 Å². The number of likely N-dealkylation sites (N-methyl/N-ethyl adjacent to an activating group) is 2. The van der Waals surface area contributed by atoms with E-state index in [1.165, 1.54) is 11.1 Å². The van der Waals surface area contributed by atoms with E-state index in [-0.39, 0.29) is 17.6 Å². The van der Waals surface area contributed by atoms with Gasteiger partial charge >= 0.3 is 6.03 Å². The van der Waals surface area contributed by atoms with Crippen LogP contribution in [0.2, 0.25) is 0 Å². The van der Waals surface area contributed by atoms with Crippen molar-refractivity contribution in [3.8, 4) is 0 Å². The van der Waals surface area contributed by atoms with Gasteiger partial charge in [-0.1, -0.05) is 0 Å². The summed E-state index contributed by atoms with van der Waals surface area (Å²) in [6.07, 6.45) is 3.68. The molecule has 4 rings (SSSR count). The topological polar surface area (TPSA) is 140 Å². The summed E-state index contributed by atoms with van der Waals surface area (Å²) >= 11 is 0. The van der Waals surface area contributed by atoms with Crippen molar-refractivity contribution in [2.45, 2.75) is 19.4 Å². The lowest BCUT2D eigenvalue weighted by atomic mass is 10.0. The fourth-order valence-corrected chi connectivity index (χ4v) is 4.46. The molecule has 4 N–H and O–H groups in total. The zero-order valence-corrected chi connectivity index (χ0v) is 21.7. The summed E-state index contributed by atoms with van der Waals surface area (Å²) < 4.78 is 0. The first-order valence-electron chi connectivity index (χ1n) is 12.4. The molecule has 2 aliphatic rings. The van der Waals surface area contributed by atoms with Crippen LogP contribution >= 0.6 is 0 Å². The minimum absolute atomic E-state index is 0.0240. The van der Waals surface area contributed by atoms with Gasteiger partial charge in [-0.15, -0.1) is 0 Å². The van der Waals surface area contributed by atoms with Crippen molar-refractivity contribution in [1.29, 1.82) is 0 Å². The Kier molecular flexibility index (Phi) is 8.19. The minimum Gasteiger partial charge on any atom is -0.396 e. The Morgan fingerprint density at radius 2 is 2.05 bits per heavy atom. The molecule has 0 aliphatic carbocycles. The Bertz CT molecular complexity index is 1170. The van der Waals surface area contributed by atoms with Gasteiger partial charge in [-0.2, -0.15) is 0 Å². The predicted molar refractivity (Wildman–Crippen MR) is 143 cm³/mol. The van der Waals surface area contributed by atoms with Crippen molar-refractivity contribution in [1.82, 2.24) is 24.7 Å². The van der Waals surface area contributed by atoms with Crippen molar-refractivity contribution < 1.29 is 14.4 Å². The second-order valence-electron chi connectivity index (χ2n) is 9.76. The number of aromatic nitrogens is 2. The first-order chi connectivity index (χ1) is 17.7. The van der Waals surface area contributed by atoms with Gasteiger partial charge in [-0.3, -0.25) is 24.7 Å². The van der Waals surface area contributed by atoms with Gasteiger partial charge in [0, 0.05) is 50.9 Å². The number of nitrogens with zero attached hydrogens (tertiary/aromatic N) is 6. The minimum atomic E-state index is -0.385. The van der Waals surface area contributed by atoms with Gasteiger partial charge in [0.25, 0.3) is 0 Å². The number of nitrogen functional groups attached to an aromatic ring is 1. The van der Waals surface area contributed by atoms with Crippen molar-refractivity contribution >= 4 is 41.2 Å². The van der Waals surface area contributed by atoms with Gasteiger partial charge in [-0.25, -0.2) is 14.8 Å². The number of nitrogens with one attached hydrogen (secondary N) is 2. The van der Waals surface area contributed by atoms with Crippen LogP contribution < -0.4 is 21.3 Å². The standard InChI is InChI=1S/C25H35N9O3/c1-31(2)8-6-27-20-12-22(28-13-19(20)26)30-25(37)34-7-4-5-17-11-18(21(16-35)29-24(17)34)14-33-10-9-32(3)15-23(33)36/h11-13,16H,4-10,14-15,26H2,1-3H3,(H2,27,28,30,37). The fraction of sp³-hybridized carbons (Fsp3) is 0.480. The molecular weight excluding hydrogens is 474 g/mol. The number of carbonyl (C=O) groups excluding carboxylic acids is 3. The van der Waals surface area contributed by atoms with Crippen LogP contribution in [0.25, 0.3) is 0 Å². The maximum absolute atomic E-state index is 13.2. The van der Waals surface area contributed by atoms with E-state index < -0.39 is 0 Å². The molecule has 0 unspecified atom stereocenters. The van der Waals surface area contributed by atoms with Crippen LogP contribution in [0.1, 0.15) is 28.0 Å². The zero-order chi connectivity index (χ0) is 26.5. The number of amides is 3. The number of anilines is 4. The predicted octanol–water partition coefficient (Wildman–Crippen LogP) is 1.10. The monoisotopic (exact) mass is 509 g/mol. The molecule has 0 bridgehead atoms. The highest BCUT2D eigenvalue weighted by atomic mass is 16.2. The van der Waals surface area contributed by atoms with Crippen molar-refractivity contribution in [3.05, 3.63) is 35.2 Å². The molecular formula is C25H35N9O3. The van der Waals surface area contributed by atoms with Crippen LogP contribution in [0.15, 0.2) is 18.3 Å². The molecule has 2 aliphatic heterocycles. The molecule has 2 aromatic rings. The number of carbonyl (C=O) groups is 3. The summed E-state index contributed by atoms with van der Waals surface area (Å²) in [6.45, 7) is 4.03. The molecule has 0 saturated carbocycles. The van der Waals surface area contributed by atoms with E-state index in [0.29, 0.717) is 67.6 Å². The van der Waals surface area contributed by atoms with Gasteiger partial charge < -0.3 is 20.9 Å². The lowest BCUT2D eigenvalue weighted by Gasteiger charge is -2.33. The number of hydrogen-bond donors (Lipinski definition) is 3. The number of aldehydes is 1. The first kappa shape index (κ1) is 26.3. The number of pyridine rings is 2. The summed E-state index contributed by atoms with van der Waals surface area (Å²) in [6, 6.07) is 3.23. The van der Waals surface area contributed by atoms with E-state index >= 15 is 0 Å². The van der Waals surface area contributed by atoms with Crippen LogP contribution in [0, 0.1) is 0 Å². The molecule has 0 atom stereocenters. The van der Waals surface area contributed by atoms with E-state index in [2.05, 4.69) is 25.5 Å². The number of hydrogen-bond acceptors (Lipinski definition) is 9. The second kappa shape index (κ2) is 11.5. The molecule has 2 aromatic heterocycles. The molecule has 12 nitrogen and oxygen atoms in total. The second-order valence-corrected chi connectivity index (χ2v) is 9.76. The first-order valence-corrected chi connectivity index (χ1v) is 12.4. The van der Waals surface area contributed by atoms with Crippen LogP contribution in [-0.2, 0) is 17.8 Å². The average Bonchev–Trinajstić information content (AvgIpc) is 2.86. The van der Waals surface area contributed by atoms with Crippen LogP contribution in [0.3, 0.4) is 0 Å². The maximum Gasteiger partial charge on any atom is 0.328 e. The Morgan fingerprint density at radius 3 is 2.78 bits per heavy atom. The molecule has 0 aromatic carbocycles. The zero-order valence-electron chi connectivity index (χ0n) is 21.7. The van der Waals surface area contributed by atoms with Crippen molar-refractivity contribution in [3.63, 3.8) is 0 Å². The van der Waals surface area contributed by atoms with Crippen LogP contribution in [-0.4, -0.2) is 103 Å². The quantitative estimate of drug-likeness (QED) is 0.446. The Morgan fingerprint density at radius 1 is 1.24 bits per heavy atom. The fourth-order valence-electron chi connectivity index (χ4n) is 4.46. The summed E-state index contributed by atoms with van der Waals surface area (Å²) in [5, 5.41) is 6.09. The van der Waals surface area contributed by atoms with E-state index in [1.54, 1.807) is 11.0 Å². The van der Waals surface area contributed by atoms with Crippen LogP contribution in [0.5, 0.6) is 0 Å². The third kappa shape index (κ3) is 6.33. The molecule has 1 saturated heterocycles. The maximum atomic E-state index is 13.2. The molecule has 12 heteroatoms. The highest BCUT2D eigenvalue weighted by Gasteiger charge is 2.28. The highest BCUT2D eigenvalue weighted by molar-refractivity contribution is 6.02. The van der Waals surface area contributed by atoms with E-state index in [4.69, 9.17) is 5.73 Å². The average molecular weight is 510 g/mol. The Hall–Kier alpha value is -3.77. The summed E-state index contributed by atoms with van der Waals surface area (Å²) in [5.74, 6) is 0.842. The number of nitrogens with two attached hydrogens (primary N) is 1. The number of fused-ring (bicyclic) bond motifs is 1. The Balaban J connectivity index is 1.50.